The van der Waals surface area contributed by atoms with Gasteiger partial charge >= 0.3 is 0 Å². The number of hydrogen-bond donors (Lipinski definition) is 0. The summed E-state index contributed by atoms with van der Waals surface area (Å²) in [5, 5.41) is 0. The van der Waals surface area contributed by atoms with Crippen LogP contribution in [0.5, 0.6) is 0 Å². The summed E-state index contributed by atoms with van der Waals surface area (Å²) in [7, 11) is 0. The second-order valence-electron chi connectivity index (χ2n) is 4.21. The van der Waals surface area contributed by atoms with Gasteiger partial charge in [0, 0.05) is 5.41 Å². The third kappa shape index (κ3) is 1.59. The zero-order valence-electron chi connectivity index (χ0n) is 9.05. The van der Waals surface area contributed by atoms with Gasteiger partial charge in [-0.15, -0.1) is 13.2 Å². The van der Waals surface area contributed by atoms with E-state index in [0.717, 1.165) is 12.0 Å². The third-order valence-electron chi connectivity index (χ3n) is 3.20. The van der Waals surface area contributed by atoms with E-state index in [9.17, 15) is 4.79 Å². The van der Waals surface area contributed by atoms with Crippen molar-refractivity contribution in [1.29, 1.82) is 0 Å². The Morgan fingerprint density at radius 2 is 2.14 bits per heavy atom. The van der Waals surface area contributed by atoms with Crippen LogP contribution in [0.15, 0.2) is 37.0 Å². The first-order valence-electron chi connectivity index (χ1n) is 5.03. The molecule has 0 aromatic rings. The highest BCUT2D eigenvalue weighted by Gasteiger charge is 2.42. The third-order valence-corrected chi connectivity index (χ3v) is 3.20. The lowest BCUT2D eigenvalue weighted by atomic mass is 9.76. The molecule has 0 saturated heterocycles. The summed E-state index contributed by atoms with van der Waals surface area (Å²) in [4.78, 5) is 12.1. The van der Waals surface area contributed by atoms with Crippen LogP contribution in [0.4, 0.5) is 0 Å². The molecular weight excluding hydrogens is 172 g/mol. The Bertz CT molecular complexity index is 298. The summed E-state index contributed by atoms with van der Waals surface area (Å²) in [6.45, 7) is 11.5. The molecule has 1 aliphatic rings. The normalized spacial score (nSPS) is 31.4. The van der Waals surface area contributed by atoms with Crippen molar-refractivity contribution in [2.45, 2.75) is 26.7 Å². The highest BCUT2D eigenvalue weighted by atomic mass is 16.1. The first-order valence-corrected chi connectivity index (χ1v) is 5.03. The van der Waals surface area contributed by atoms with E-state index in [4.69, 9.17) is 0 Å². The van der Waals surface area contributed by atoms with Crippen molar-refractivity contribution in [3.05, 3.63) is 37.0 Å². The molecule has 0 N–H and O–H groups in total. The minimum absolute atomic E-state index is 0.264. The Morgan fingerprint density at radius 3 is 2.64 bits per heavy atom. The number of rotatable bonds is 4. The van der Waals surface area contributed by atoms with Crippen molar-refractivity contribution in [3.8, 4) is 0 Å². The van der Waals surface area contributed by atoms with Crippen molar-refractivity contribution in [1.82, 2.24) is 0 Å². The summed E-state index contributed by atoms with van der Waals surface area (Å²) in [6, 6.07) is 0. The number of carbonyl (C=O) groups excluding carboxylic acids is 1. The molecule has 76 valence electrons. The van der Waals surface area contributed by atoms with Gasteiger partial charge in [0.05, 0.1) is 0 Å². The number of carbonyl (C=O) groups is 1. The van der Waals surface area contributed by atoms with Crippen LogP contribution in [0, 0.1) is 11.3 Å². The maximum Gasteiger partial charge on any atom is 0.165 e. The number of hydrogen-bond acceptors (Lipinski definition) is 1. The number of ketones is 1. The molecule has 0 aromatic heterocycles. The predicted molar refractivity (Wildman–Crippen MR) is 60.0 cm³/mol. The van der Waals surface area contributed by atoms with Gasteiger partial charge in [-0.25, -0.2) is 0 Å². The Kier molecular flexibility index (Phi) is 3.10. The van der Waals surface area contributed by atoms with Crippen LogP contribution in [-0.4, -0.2) is 5.78 Å². The molecule has 0 fully saturated rings. The monoisotopic (exact) mass is 190 g/mol. The van der Waals surface area contributed by atoms with Gasteiger partial charge in [-0.1, -0.05) is 32.1 Å². The highest BCUT2D eigenvalue weighted by molar-refractivity contribution is 6.02. The molecular formula is C13H18O. The van der Waals surface area contributed by atoms with Crippen molar-refractivity contribution in [3.63, 3.8) is 0 Å². The van der Waals surface area contributed by atoms with Gasteiger partial charge in [-0.3, -0.25) is 4.79 Å². The van der Waals surface area contributed by atoms with E-state index < -0.39 is 0 Å². The van der Waals surface area contributed by atoms with Crippen LogP contribution in [-0.2, 0) is 4.79 Å². The van der Waals surface area contributed by atoms with Gasteiger partial charge < -0.3 is 0 Å². The van der Waals surface area contributed by atoms with Gasteiger partial charge in [0.1, 0.15) is 0 Å². The smallest absolute Gasteiger partial charge is 0.165 e. The average Bonchev–Trinajstić information content (AvgIpc) is 2.33. The molecule has 1 nitrogen and oxygen atoms in total. The quantitative estimate of drug-likeness (QED) is 0.622. The Morgan fingerprint density at radius 1 is 1.50 bits per heavy atom. The molecule has 0 amide bonds. The highest BCUT2D eigenvalue weighted by Crippen LogP contribution is 2.42. The predicted octanol–water partition coefficient (Wildman–Crippen LogP) is 3.29. The Hall–Kier alpha value is -1.11. The van der Waals surface area contributed by atoms with Crippen LogP contribution in [0.3, 0.4) is 0 Å². The Labute approximate surface area is 86.2 Å². The summed E-state index contributed by atoms with van der Waals surface area (Å²) < 4.78 is 0. The molecule has 2 atom stereocenters. The van der Waals surface area contributed by atoms with Gasteiger partial charge in [0.25, 0.3) is 0 Å². The summed E-state index contributed by atoms with van der Waals surface area (Å²) in [6.07, 6.45) is 7.14. The van der Waals surface area contributed by atoms with E-state index in [1.54, 1.807) is 6.08 Å². The summed E-state index contributed by atoms with van der Waals surface area (Å²) in [5.74, 6) is 0.577. The summed E-state index contributed by atoms with van der Waals surface area (Å²) in [5.41, 5.74) is 0.650. The molecule has 1 heteroatoms. The van der Waals surface area contributed by atoms with E-state index in [-0.39, 0.29) is 11.2 Å². The standard InChI is InChI=1S/C13H18O/c1-5-7-11-9-10(3)13(4,8-6-2)12(11)14/h5-6,9-10H,1-2,7-8H2,3-4H3. The maximum atomic E-state index is 12.1. The minimum Gasteiger partial charge on any atom is -0.294 e. The fourth-order valence-electron chi connectivity index (χ4n) is 2.03. The van der Waals surface area contributed by atoms with Crippen molar-refractivity contribution in [2.75, 3.05) is 0 Å². The van der Waals surface area contributed by atoms with Crippen molar-refractivity contribution in [2.24, 2.45) is 11.3 Å². The lowest BCUT2D eigenvalue weighted by Gasteiger charge is -2.26. The SMILES string of the molecule is C=CCC1=CC(C)C(C)(CC=C)C1=O. The van der Waals surface area contributed by atoms with Crippen LogP contribution in [0.25, 0.3) is 0 Å². The maximum absolute atomic E-state index is 12.1. The van der Waals surface area contributed by atoms with Gasteiger partial charge in [-0.2, -0.15) is 0 Å². The molecule has 1 aliphatic carbocycles. The van der Waals surface area contributed by atoms with Crippen molar-refractivity contribution >= 4 is 5.78 Å². The minimum atomic E-state index is -0.264. The topological polar surface area (TPSA) is 17.1 Å². The zero-order chi connectivity index (χ0) is 10.8. The van der Waals surface area contributed by atoms with E-state index >= 15 is 0 Å². The van der Waals surface area contributed by atoms with E-state index in [1.807, 2.05) is 13.0 Å². The Balaban J connectivity index is 2.92. The first kappa shape index (κ1) is 11.0. The second kappa shape index (κ2) is 3.95. The second-order valence-corrected chi connectivity index (χ2v) is 4.21. The average molecular weight is 190 g/mol. The van der Waals surface area contributed by atoms with Gasteiger partial charge in [-0.05, 0) is 24.3 Å². The molecule has 0 radical (unpaired) electrons. The van der Waals surface area contributed by atoms with Crippen LogP contribution in [0.1, 0.15) is 26.7 Å². The molecule has 1 rings (SSSR count). The van der Waals surface area contributed by atoms with Crippen LogP contribution < -0.4 is 0 Å². The van der Waals surface area contributed by atoms with Gasteiger partial charge in [0.2, 0.25) is 0 Å². The lowest BCUT2D eigenvalue weighted by Crippen LogP contribution is -2.28. The van der Waals surface area contributed by atoms with Gasteiger partial charge in [0.15, 0.2) is 5.78 Å². The number of allylic oxidation sites excluding steroid dienone is 4. The van der Waals surface area contributed by atoms with E-state index in [2.05, 4.69) is 26.2 Å². The fourth-order valence-corrected chi connectivity index (χ4v) is 2.03. The molecule has 0 heterocycles. The zero-order valence-corrected chi connectivity index (χ0v) is 9.05. The molecule has 0 saturated carbocycles. The van der Waals surface area contributed by atoms with Crippen LogP contribution in [0.2, 0.25) is 0 Å². The summed E-state index contributed by atoms with van der Waals surface area (Å²) >= 11 is 0. The van der Waals surface area contributed by atoms with E-state index in [1.165, 1.54) is 0 Å². The van der Waals surface area contributed by atoms with Crippen LogP contribution >= 0.6 is 0 Å². The molecule has 0 spiro atoms. The van der Waals surface area contributed by atoms with Crippen molar-refractivity contribution < 1.29 is 4.79 Å². The first-order chi connectivity index (χ1) is 6.56. The molecule has 0 aliphatic heterocycles. The van der Waals surface area contributed by atoms with E-state index in [0.29, 0.717) is 12.3 Å². The number of Topliss-reactive ketones (excluding diaryl/α,β-unsaturated/α-hetero) is 1. The largest absolute Gasteiger partial charge is 0.294 e. The molecule has 0 aromatic carbocycles. The molecule has 0 bridgehead atoms. The molecule has 14 heavy (non-hydrogen) atoms. The lowest BCUT2D eigenvalue weighted by molar-refractivity contribution is -0.124. The molecule has 2 unspecified atom stereocenters. The fraction of sp³-hybridized carbons (Fsp3) is 0.462.